The zero-order valence-corrected chi connectivity index (χ0v) is 13.7. The fourth-order valence-corrected chi connectivity index (χ4v) is 3.92. The predicted molar refractivity (Wildman–Crippen MR) is 93.7 cm³/mol. The van der Waals surface area contributed by atoms with Crippen LogP contribution in [0.15, 0.2) is 70.1 Å². The van der Waals surface area contributed by atoms with E-state index in [1.165, 1.54) is 11.8 Å². The molecule has 0 fully saturated rings. The van der Waals surface area contributed by atoms with Crippen molar-refractivity contribution in [3.8, 4) is 0 Å². The van der Waals surface area contributed by atoms with Gasteiger partial charge in [0.2, 0.25) is 0 Å². The summed E-state index contributed by atoms with van der Waals surface area (Å²) in [5, 5.41) is 0. The molecule has 120 valence electrons. The van der Waals surface area contributed by atoms with Crippen LogP contribution in [0.1, 0.15) is 56.1 Å². The Morgan fingerprint density at radius 2 is 2.04 bits per heavy atom. The van der Waals surface area contributed by atoms with Crippen LogP contribution in [0, 0.1) is 0 Å². The molecule has 1 aliphatic carbocycles. The third-order valence-corrected chi connectivity index (χ3v) is 5.05. The minimum absolute atomic E-state index is 0.106. The molecule has 0 radical (unpaired) electrons. The van der Waals surface area contributed by atoms with Crippen molar-refractivity contribution in [3.63, 3.8) is 0 Å². The second kappa shape index (κ2) is 6.99. The normalized spacial score (nSPS) is 23.8. The molecule has 3 rings (SSSR count). The lowest BCUT2D eigenvalue weighted by molar-refractivity contribution is 0.348. The van der Waals surface area contributed by atoms with Crippen LogP contribution in [-0.4, -0.2) is 0 Å². The summed E-state index contributed by atoms with van der Waals surface area (Å²) in [6, 6.07) is 14.4. The molecule has 23 heavy (non-hydrogen) atoms. The smallest absolute Gasteiger partial charge is 0.335 e. The summed E-state index contributed by atoms with van der Waals surface area (Å²) in [4.78, 5) is 11.8. The molecule has 0 saturated heterocycles. The Bertz CT molecular complexity index is 714. The van der Waals surface area contributed by atoms with Gasteiger partial charge in [-0.25, -0.2) is 4.79 Å². The average Bonchev–Trinajstić information content (AvgIpc) is 2.61. The number of rotatable bonds is 5. The quantitative estimate of drug-likeness (QED) is 0.710. The second-order valence-corrected chi connectivity index (χ2v) is 6.43. The molecule has 1 aliphatic rings. The molecule has 2 nitrogen and oxygen atoms in total. The molecular formula is C21H24O2. The molecule has 2 aromatic rings. The van der Waals surface area contributed by atoms with Crippen LogP contribution >= 0.6 is 0 Å². The van der Waals surface area contributed by atoms with Gasteiger partial charge < -0.3 is 4.42 Å². The van der Waals surface area contributed by atoms with E-state index in [0.717, 1.165) is 37.7 Å². The van der Waals surface area contributed by atoms with Crippen molar-refractivity contribution in [1.82, 2.24) is 0 Å². The molecule has 2 atom stereocenters. The summed E-state index contributed by atoms with van der Waals surface area (Å²) in [6.07, 6.45) is 11.7. The van der Waals surface area contributed by atoms with Gasteiger partial charge in [-0.05, 0) is 42.4 Å². The Labute approximate surface area is 137 Å². The molecule has 1 aromatic heterocycles. The summed E-state index contributed by atoms with van der Waals surface area (Å²) < 4.78 is 4.97. The highest BCUT2D eigenvalue weighted by atomic mass is 16.4. The van der Waals surface area contributed by atoms with Crippen LogP contribution in [-0.2, 0) is 5.41 Å². The third-order valence-electron chi connectivity index (χ3n) is 5.05. The molecule has 2 unspecified atom stereocenters. The van der Waals surface area contributed by atoms with Crippen LogP contribution in [0.5, 0.6) is 0 Å². The molecule has 0 bridgehead atoms. The number of benzene rings is 1. The van der Waals surface area contributed by atoms with E-state index in [2.05, 4.69) is 49.4 Å². The van der Waals surface area contributed by atoms with Gasteiger partial charge in [0.1, 0.15) is 0 Å². The van der Waals surface area contributed by atoms with E-state index in [1.54, 1.807) is 6.07 Å². The Hall–Kier alpha value is -2.09. The SMILES string of the molecule is CCCCC1(c2ccoc(=O)c2)C=CCCC1c1ccccc1. The molecular weight excluding hydrogens is 284 g/mol. The molecule has 1 heterocycles. The monoisotopic (exact) mass is 308 g/mol. The predicted octanol–water partition coefficient (Wildman–Crippen LogP) is 5.20. The van der Waals surface area contributed by atoms with Crippen molar-refractivity contribution >= 4 is 0 Å². The van der Waals surface area contributed by atoms with Crippen LogP contribution < -0.4 is 5.63 Å². The Morgan fingerprint density at radius 1 is 1.22 bits per heavy atom. The van der Waals surface area contributed by atoms with Gasteiger partial charge >= 0.3 is 5.63 Å². The standard InChI is InChI=1S/C21H24O2/c1-2-3-13-21(18-12-15-23-20(22)16-18)14-8-7-11-19(21)17-9-5-4-6-10-17/h4-6,8-10,12,14-16,19H,2-3,7,11,13H2,1H3. The highest BCUT2D eigenvalue weighted by Crippen LogP contribution is 2.48. The third kappa shape index (κ3) is 3.17. The van der Waals surface area contributed by atoms with Crippen molar-refractivity contribution < 1.29 is 4.42 Å². The van der Waals surface area contributed by atoms with Gasteiger partial charge in [-0.1, -0.05) is 62.2 Å². The van der Waals surface area contributed by atoms with Gasteiger partial charge in [0, 0.05) is 11.5 Å². The van der Waals surface area contributed by atoms with Crippen LogP contribution in [0.25, 0.3) is 0 Å². The lowest BCUT2D eigenvalue weighted by atomic mass is 9.61. The summed E-state index contributed by atoms with van der Waals surface area (Å²) in [5.74, 6) is 0.405. The van der Waals surface area contributed by atoms with Crippen LogP contribution in [0.4, 0.5) is 0 Å². The maximum absolute atomic E-state index is 11.8. The first-order chi connectivity index (χ1) is 11.3. The highest BCUT2D eigenvalue weighted by Gasteiger charge is 2.40. The maximum atomic E-state index is 11.8. The van der Waals surface area contributed by atoms with E-state index >= 15 is 0 Å². The van der Waals surface area contributed by atoms with Gasteiger partial charge in [-0.2, -0.15) is 0 Å². The van der Waals surface area contributed by atoms with E-state index in [4.69, 9.17) is 4.42 Å². The van der Waals surface area contributed by atoms with Gasteiger partial charge in [0.05, 0.1) is 6.26 Å². The van der Waals surface area contributed by atoms with Crippen molar-refractivity contribution in [2.24, 2.45) is 0 Å². The number of allylic oxidation sites excluding steroid dienone is 2. The van der Waals surface area contributed by atoms with Crippen molar-refractivity contribution in [3.05, 3.63) is 82.4 Å². The molecule has 0 amide bonds. The molecule has 0 aliphatic heterocycles. The molecule has 1 aromatic carbocycles. The minimum Gasteiger partial charge on any atom is -0.431 e. The molecule has 0 saturated carbocycles. The first-order valence-electron chi connectivity index (χ1n) is 8.58. The van der Waals surface area contributed by atoms with Crippen molar-refractivity contribution in [1.29, 1.82) is 0 Å². The van der Waals surface area contributed by atoms with E-state index < -0.39 is 0 Å². The minimum atomic E-state index is -0.260. The summed E-state index contributed by atoms with van der Waals surface area (Å²) in [7, 11) is 0. The summed E-state index contributed by atoms with van der Waals surface area (Å²) in [5.41, 5.74) is 2.09. The van der Waals surface area contributed by atoms with Crippen molar-refractivity contribution in [2.75, 3.05) is 0 Å². The fourth-order valence-electron chi connectivity index (χ4n) is 3.92. The first kappa shape index (κ1) is 15.8. The highest BCUT2D eigenvalue weighted by molar-refractivity contribution is 5.39. The topological polar surface area (TPSA) is 30.2 Å². The Morgan fingerprint density at radius 3 is 2.78 bits per heavy atom. The lowest BCUT2D eigenvalue weighted by Gasteiger charge is -2.42. The first-order valence-corrected chi connectivity index (χ1v) is 8.58. The van der Waals surface area contributed by atoms with E-state index in [0.29, 0.717) is 5.92 Å². The van der Waals surface area contributed by atoms with E-state index in [-0.39, 0.29) is 11.0 Å². The van der Waals surface area contributed by atoms with E-state index in [1.807, 2.05) is 6.07 Å². The van der Waals surface area contributed by atoms with Gasteiger partial charge in [-0.3, -0.25) is 0 Å². The Balaban J connectivity index is 2.13. The van der Waals surface area contributed by atoms with Crippen LogP contribution in [0.3, 0.4) is 0 Å². The number of unbranched alkanes of at least 4 members (excludes halogenated alkanes) is 1. The van der Waals surface area contributed by atoms with Gasteiger partial charge in [0.25, 0.3) is 0 Å². The zero-order chi connectivity index (χ0) is 16.1. The van der Waals surface area contributed by atoms with Crippen LogP contribution in [0.2, 0.25) is 0 Å². The fraction of sp³-hybridized carbons (Fsp3) is 0.381. The van der Waals surface area contributed by atoms with E-state index in [9.17, 15) is 4.79 Å². The molecule has 0 N–H and O–H groups in total. The maximum Gasteiger partial charge on any atom is 0.335 e. The van der Waals surface area contributed by atoms with Gasteiger partial charge in [0.15, 0.2) is 0 Å². The van der Waals surface area contributed by atoms with Gasteiger partial charge in [-0.15, -0.1) is 0 Å². The summed E-state index contributed by atoms with van der Waals surface area (Å²) in [6.45, 7) is 2.22. The molecule has 2 heteroatoms. The average molecular weight is 308 g/mol. The largest absolute Gasteiger partial charge is 0.431 e. The zero-order valence-electron chi connectivity index (χ0n) is 13.7. The van der Waals surface area contributed by atoms with Crippen molar-refractivity contribution in [2.45, 2.75) is 50.4 Å². The number of hydrogen-bond donors (Lipinski definition) is 0. The Kier molecular flexibility index (Phi) is 4.80. The second-order valence-electron chi connectivity index (χ2n) is 6.43. The number of hydrogen-bond acceptors (Lipinski definition) is 2. The summed E-state index contributed by atoms with van der Waals surface area (Å²) >= 11 is 0. The lowest BCUT2D eigenvalue weighted by Crippen LogP contribution is -2.34. The molecule has 0 spiro atoms.